The molecule has 0 heterocycles. The van der Waals surface area contributed by atoms with Crippen molar-refractivity contribution in [3.8, 4) is 0 Å². The van der Waals surface area contributed by atoms with Gasteiger partial charge in [-0.1, -0.05) is 24.3 Å². The van der Waals surface area contributed by atoms with Crippen LogP contribution in [0, 0.1) is 22.0 Å². The fraction of sp³-hybridized carbons (Fsp3) is 0.308. The first kappa shape index (κ1) is 11.0. The van der Waals surface area contributed by atoms with Gasteiger partial charge in [-0.05, 0) is 24.8 Å². The molecule has 2 atom stereocenters. The zero-order valence-corrected chi connectivity index (χ0v) is 9.74. The van der Waals surface area contributed by atoms with Gasteiger partial charge in [0.1, 0.15) is 5.69 Å². The van der Waals surface area contributed by atoms with Gasteiger partial charge in [-0.25, -0.2) is 0 Å². The molecule has 0 saturated heterocycles. The summed E-state index contributed by atoms with van der Waals surface area (Å²) in [4.78, 5) is 10.4. The summed E-state index contributed by atoms with van der Waals surface area (Å²) < 4.78 is 0. The number of fused-ring (bicyclic) bond motifs is 1. The topological polar surface area (TPSA) is 67.5 Å². The lowest BCUT2D eigenvalue weighted by Gasteiger charge is -2.31. The van der Waals surface area contributed by atoms with Crippen LogP contribution in [-0.2, 0) is 0 Å². The van der Waals surface area contributed by atoms with Gasteiger partial charge in [0.15, 0.2) is 0 Å². The van der Waals surface area contributed by atoms with E-state index in [0.29, 0.717) is 17.5 Å². The van der Waals surface area contributed by atoms with Crippen molar-refractivity contribution >= 4 is 17.1 Å². The van der Waals surface area contributed by atoms with Crippen molar-refractivity contribution in [3.05, 3.63) is 46.5 Å². The van der Waals surface area contributed by atoms with Crippen LogP contribution in [0.15, 0.2) is 41.5 Å². The van der Waals surface area contributed by atoms with Crippen molar-refractivity contribution in [2.24, 2.45) is 16.9 Å². The highest BCUT2D eigenvalue weighted by molar-refractivity contribution is 5.94. The fourth-order valence-corrected chi connectivity index (χ4v) is 2.52. The van der Waals surface area contributed by atoms with Crippen molar-refractivity contribution in [1.82, 2.24) is 0 Å². The second kappa shape index (κ2) is 4.25. The Morgan fingerprint density at radius 2 is 2.22 bits per heavy atom. The lowest BCUT2D eigenvalue weighted by Crippen LogP contribution is -2.33. The summed E-state index contributed by atoms with van der Waals surface area (Å²) in [5, 5.41) is 15.1. The van der Waals surface area contributed by atoms with Gasteiger partial charge in [-0.2, -0.15) is 5.10 Å². The van der Waals surface area contributed by atoms with E-state index < -0.39 is 4.92 Å². The molecule has 0 amide bonds. The Morgan fingerprint density at radius 3 is 3.00 bits per heavy atom. The smallest absolute Gasteiger partial charge is 0.272 e. The maximum Gasteiger partial charge on any atom is 0.294 e. The summed E-state index contributed by atoms with van der Waals surface area (Å²) in [7, 11) is 0. The number of hydrazone groups is 1. The van der Waals surface area contributed by atoms with Gasteiger partial charge in [-0.15, -0.1) is 0 Å². The second-order valence-electron chi connectivity index (χ2n) is 4.63. The summed E-state index contributed by atoms with van der Waals surface area (Å²) >= 11 is 0. The Balaban J connectivity index is 1.74. The van der Waals surface area contributed by atoms with Crippen LogP contribution in [0.4, 0.5) is 11.4 Å². The average Bonchev–Trinajstić information content (AvgIpc) is 2.71. The van der Waals surface area contributed by atoms with Crippen LogP contribution in [0.2, 0.25) is 0 Å². The number of allylic oxidation sites excluding steroid dienone is 2. The third-order valence-electron chi connectivity index (χ3n) is 3.58. The number of benzene rings is 1. The minimum atomic E-state index is -0.400. The molecule has 0 unspecified atom stereocenters. The third kappa shape index (κ3) is 1.77. The van der Waals surface area contributed by atoms with Crippen molar-refractivity contribution in [3.63, 3.8) is 0 Å². The number of nitro groups is 1. The summed E-state index contributed by atoms with van der Waals surface area (Å²) in [5.41, 5.74) is 4.45. The molecule has 0 aromatic heterocycles. The van der Waals surface area contributed by atoms with Gasteiger partial charge in [0.25, 0.3) is 5.69 Å². The maximum absolute atomic E-state index is 10.8. The van der Waals surface area contributed by atoms with Crippen LogP contribution in [0.3, 0.4) is 0 Å². The van der Waals surface area contributed by atoms with E-state index in [-0.39, 0.29) is 5.69 Å². The van der Waals surface area contributed by atoms with E-state index in [2.05, 4.69) is 22.7 Å². The molecular weight excluding hydrogens is 230 g/mol. The third-order valence-corrected chi connectivity index (χ3v) is 3.58. The molecule has 18 heavy (non-hydrogen) atoms. The van der Waals surface area contributed by atoms with Gasteiger partial charge in [0, 0.05) is 17.7 Å². The SMILES string of the molecule is O=[N+]([O-])c1ccccc1N/N=C1/C[C@@H]2C=CC[C@@H]12. The van der Waals surface area contributed by atoms with Crippen LogP contribution in [0.5, 0.6) is 0 Å². The molecule has 1 aromatic carbocycles. The first-order valence-electron chi connectivity index (χ1n) is 5.98. The van der Waals surface area contributed by atoms with Crippen molar-refractivity contribution < 1.29 is 4.92 Å². The Hall–Kier alpha value is -2.17. The lowest BCUT2D eigenvalue weighted by atomic mass is 9.74. The molecule has 5 heteroatoms. The van der Waals surface area contributed by atoms with E-state index in [1.165, 1.54) is 6.07 Å². The van der Waals surface area contributed by atoms with E-state index >= 15 is 0 Å². The number of nitro benzene ring substituents is 1. The zero-order valence-electron chi connectivity index (χ0n) is 9.74. The lowest BCUT2D eigenvalue weighted by molar-refractivity contribution is -0.384. The molecule has 1 N–H and O–H groups in total. The number of para-hydroxylation sites is 2. The molecule has 2 aliphatic carbocycles. The quantitative estimate of drug-likeness (QED) is 0.504. The van der Waals surface area contributed by atoms with Gasteiger partial charge in [0.05, 0.1) is 4.92 Å². The Morgan fingerprint density at radius 1 is 1.39 bits per heavy atom. The summed E-state index contributed by atoms with van der Waals surface area (Å²) in [5.74, 6) is 1.15. The minimum Gasteiger partial charge on any atom is -0.272 e. The highest BCUT2D eigenvalue weighted by Crippen LogP contribution is 2.40. The van der Waals surface area contributed by atoms with Crippen LogP contribution < -0.4 is 5.43 Å². The first-order valence-corrected chi connectivity index (χ1v) is 5.98. The number of nitrogens with zero attached hydrogens (tertiary/aromatic N) is 2. The van der Waals surface area contributed by atoms with E-state index in [0.717, 1.165) is 18.6 Å². The Bertz CT molecular complexity index is 551. The monoisotopic (exact) mass is 243 g/mol. The number of hydrogen-bond acceptors (Lipinski definition) is 4. The van der Waals surface area contributed by atoms with Gasteiger partial charge < -0.3 is 0 Å². The minimum absolute atomic E-state index is 0.0577. The van der Waals surface area contributed by atoms with Crippen LogP contribution >= 0.6 is 0 Å². The first-order chi connectivity index (χ1) is 8.75. The van der Waals surface area contributed by atoms with Gasteiger partial charge in [-0.3, -0.25) is 15.5 Å². The molecule has 0 bridgehead atoms. The second-order valence-corrected chi connectivity index (χ2v) is 4.63. The molecule has 5 nitrogen and oxygen atoms in total. The number of hydrogen-bond donors (Lipinski definition) is 1. The molecule has 0 aliphatic heterocycles. The van der Waals surface area contributed by atoms with E-state index in [1.54, 1.807) is 18.2 Å². The van der Waals surface area contributed by atoms with Crippen LogP contribution in [0.1, 0.15) is 12.8 Å². The highest BCUT2D eigenvalue weighted by Gasteiger charge is 2.37. The average molecular weight is 243 g/mol. The van der Waals surface area contributed by atoms with Gasteiger partial charge in [0.2, 0.25) is 0 Å². The Labute approximate surface area is 104 Å². The number of nitrogens with one attached hydrogen (secondary N) is 1. The molecule has 1 aromatic rings. The van der Waals surface area contributed by atoms with E-state index in [4.69, 9.17) is 0 Å². The molecular formula is C13H13N3O2. The highest BCUT2D eigenvalue weighted by atomic mass is 16.6. The molecule has 1 saturated carbocycles. The molecule has 3 rings (SSSR count). The standard InChI is InChI=1S/C13H13N3O2/c17-16(18)13-7-2-1-6-11(13)14-15-12-8-9-4-3-5-10(9)12/h1-4,6-7,9-10,14H,5,8H2/b15-12-/t9-,10+/m0/s1. The largest absolute Gasteiger partial charge is 0.294 e. The Kier molecular flexibility index (Phi) is 2.59. The predicted molar refractivity (Wildman–Crippen MR) is 69.5 cm³/mol. The number of rotatable bonds is 3. The molecule has 92 valence electrons. The molecule has 2 aliphatic rings. The molecule has 0 radical (unpaired) electrons. The molecule has 1 fully saturated rings. The normalized spacial score (nSPS) is 26.8. The molecule has 0 spiro atoms. The van der Waals surface area contributed by atoms with Crippen molar-refractivity contribution in [2.75, 3.05) is 5.43 Å². The fourth-order valence-electron chi connectivity index (χ4n) is 2.52. The zero-order chi connectivity index (χ0) is 12.5. The van der Waals surface area contributed by atoms with Crippen LogP contribution in [-0.4, -0.2) is 10.6 Å². The maximum atomic E-state index is 10.8. The number of anilines is 1. The summed E-state index contributed by atoms with van der Waals surface area (Å²) in [6.45, 7) is 0. The van der Waals surface area contributed by atoms with E-state index in [1.807, 2.05) is 0 Å². The predicted octanol–water partition coefficient (Wildman–Crippen LogP) is 2.96. The summed E-state index contributed by atoms with van der Waals surface area (Å²) in [6, 6.07) is 6.56. The van der Waals surface area contributed by atoms with Crippen LogP contribution in [0.25, 0.3) is 0 Å². The van der Waals surface area contributed by atoms with Gasteiger partial charge >= 0.3 is 0 Å². The van der Waals surface area contributed by atoms with Crippen molar-refractivity contribution in [2.45, 2.75) is 12.8 Å². The van der Waals surface area contributed by atoms with E-state index in [9.17, 15) is 10.1 Å². The van der Waals surface area contributed by atoms with Crippen molar-refractivity contribution in [1.29, 1.82) is 0 Å². The summed E-state index contributed by atoms with van der Waals surface area (Å²) in [6.07, 6.45) is 6.42.